The number of anilines is 1. The van der Waals surface area contributed by atoms with Crippen molar-refractivity contribution in [1.29, 1.82) is 0 Å². The number of benzene rings is 1. The number of carbonyl (C=O) groups is 2. The molecular weight excluding hydrogens is 308 g/mol. The highest BCUT2D eigenvalue weighted by Gasteiger charge is 2.29. The zero-order valence-corrected chi connectivity index (χ0v) is 13.7. The second-order valence-electron chi connectivity index (χ2n) is 6.07. The average molecular weight is 328 g/mol. The molecule has 1 aliphatic heterocycles. The molecule has 2 aromatic rings. The first-order valence-electron chi connectivity index (χ1n) is 7.85. The number of hydrogen-bond acceptors (Lipinski definition) is 5. The molecular formula is C17H20N4O3. The van der Waals surface area contributed by atoms with E-state index in [0.29, 0.717) is 41.3 Å². The molecule has 1 atom stereocenters. The van der Waals surface area contributed by atoms with Gasteiger partial charge in [0.1, 0.15) is 11.9 Å². The molecule has 1 fully saturated rings. The third-order valence-corrected chi connectivity index (χ3v) is 4.13. The van der Waals surface area contributed by atoms with Crippen LogP contribution in [-0.4, -0.2) is 53.8 Å². The monoisotopic (exact) mass is 328 g/mol. The lowest BCUT2D eigenvalue weighted by Crippen LogP contribution is -2.51. The lowest BCUT2D eigenvalue weighted by Gasteiger charge is -2.28. The lowest BCUT2D eigenvalue weighted by molar-refractivity contribution is -0.172. The third-order valence-electron chi connectivity index (χ3n) is 4.13. The molecule has 0 unspecified atom stereocenters. The number of para-hydroxylation sites is 1. The number of amides is 2. The van der Waals surface area contributed by atoms with Gasteiger partial charge in [-0.3, -0.25) is 14.8 Å². The van der Waals surface area contributed by atoms with Gasteiger partial charge in [0.05, 0.1) is 11.1 Å². The molecule has 1 aromatic heterocycles. The van der Waals surface area contributed by atoms with Gasteiger partial charge in [0.25, 0.3) is 11.8 Å². The van der Waals surface area contributed by atoms with Crippen molar-refractivity contribution in [2.45, 2.75) is 18.9 Å². The summed E-state index contributed by atoms with van der Waals surface area (Å²) in [5.41, 5.74) is 1.18. The Morgan fingerprint density at radius 3 is 2.88 bits per heavy atom. The number of aromatic nitrogens is 1. The molecule has 2 N–H and O–H groups in total. The highest BCUT2D eigenvalue weighted by molar-refractivity contribution is 6.08. The summed E-state index contributed by atoms with van der Waals surface area (Å²) >= 11 is 0. The van der Waals surface area contributed by atoms with Gasteiger partial charge in [0.2, 0.25) is 0 Å². The van der Waals surface area contributed by atoms with Gasteiger partial charge >= 0.3 is 0 Å². The maximum atomic E-state index is 12.7. The number of piperidine rings is 1. The topological polar surface area (TPSA) is 85.8 Å². The predicted octanol–water partition coefficient (Wildman–Crippen LogP) is 1.41. The zero-order valence-electron chi connectivity index (χ0n) is 13.7. The first kappa shape index (κ1) is 16.2. The van der Waals surface area contributed by atoms with E-state index in [1.54, 1.807) is 6.07 Å². The van der Waals surface area contributed by atoms with E-state index in [-0.39, 0.29) is 5.91 Å². The smallest absolute Gasteiger partial charge is 0.268 e. The quantitative estimate of drug-likeness (QED) is 0.832. The molecule has 1 aromatic carbocycles. The third kappa shape index (κ3) is 3.03. The van der Waals surface area contributed by atoms with Gasteiger partial charge in [0, 0.05) is 26.0 Å². The van der Waals surface area contributed by atoms with Crippen molar-refractivity contribution in [2.75, 3.05) is 25.5 Å². The first-order valence-corrected chi connectivity index (χ1v) is 7.85. The number of nitrogens with one attached hydrogen (secondary N) is 1. The minimum atomic E-state index is -0.703. The van der Waals surface area contributed by atoms with E-state index < -0.39 is 11.9 Å². The number of fused-ring (bicyclic) bond motifs is 1. The largest absolute Gasteiger partial charge is 0.363 e. The number of hydrogen-bond donors (Lipinski definition) is 2. The van der Waals surface area contributed by atoms with E-state index in [2.05, 4.69) is 10.3 Å². The summed E-state index contributed by atoms with van der Waals surface area (Å²) in [5.74, 6) is -0.149. The van der Waals surface area contributed by atoms with Crippen molar-refractivity contribution >= 4 is 28.5 Å². The summed E-state index contributed by atoms with van der Waals surface area (Å²) in [6.07, 6.45) is 1.17. The minimum absolute atomic E-state index is 0.300. The Labute approximate surface area is 139 Å². The SMILES string of the molecule is CN(C)c1cc(C(=O)N[C@@H]2CCCN(O)C2=O)c2ccccc2n1. The van der Waals surface area contributed by atoms with Crippen LogP contribution >= 0.6 is 0 Å². The zero-order chi connectivity index (χ0) is 17.3. The fourth-order valence-corrected chi connectivity index (χ4v) is 2.81. The van der Waals surface area contributed by atoms with E-state index in [1.807, 2.05) is 43.3 Å². The highest BCUT2D eigenvalue weighted by atomic mass is 16.5. The Morgan fingerprint density at radius 1 is 1.38 bits per heavy atom. The molecule has 3 rings (SSSR count). The van der Waals surface area contributed by atoms with Crippen LogP contribution in [0.1, 0.15) is 23.2 Å². The van der Waals surface area contributed by atoms with Crippen LogP contribution < -0.4 is 10.2 Å². The molecule has 0 radical (unpaired) electrons. The fraction of sp³-hybridized carbons (Fsp3) is 0.353. The predicted molar refractivity (Wildman–Crippen MR) is 90.1 cm³/mol. The molecule has 7 nitrogen and oxygen atoms in total. The standard InChI is InChI=1S/C17H20N4O3/c1-20(2)15-10-12(11-6-3-4-7-13(11)18-15)16(22)19-14-8-5-9-21(24)17(14)23/h3-4,6-7,10,14,24H,5,8-9H2,1-2H3,(H,19,22)/t14-/m1/s1. The van der Waals surface area contributed by atoms with Crippen molar-refractivity contribution in [3.05, 3.63) is 35.9 Å². The van der Waals surface area contributed by atoms with Crippen LogP contribution in [-0.2, 0) is 4.79 Å². The van der Waals surface area contributed by atoms with Crippen molar-refractivity contribution < 1.29 is 14.8 Å². The highest BCUT2D eigenvalue weighted by Crippen LogP contribution is 2.22. The molecule has 7 heteroatoms. The maximum Gasteiger partial charge on any atom is 0.268 e. The Morgan fingerprint density at radius 2 is 2.12 bits per heavy atom. The average Bonchev–Trinajstić information content (AvgIpc) is 2.57. The maximum absolute atomic E-state index is 12.7. The van der Waals surface area contributed by atoms with E-state index in [4.69, 9.17) is 0 Å². The van der Waals surface area contributed by atoms with Gasteiger partial charge in [-0.25, -0.2) is 10.0 Å². The number of carbonyl (C=O) groups excluding carboxylic acids is 2. The van der Waals surface area contributed by atoms with E-state index in [0.717, 1.165) is 5.39 Å². The summed E-state index contributed by atoms with van der Waals surface area (Å²) in [6, 6.07) is 8.40. The Balaban J connectivity index is 1.95. The van der Waals surface area contributed by atoms with Crippen LogP contribution in [0.25, 0.3) is 10.9 Å². The molecule has 1 aliphatic rings. The van der Waals surface area contributed by atoms with Gasteiger partial charge < -0.3 is 10.2 Å². The van der Waals surface area contributed by atoms with Gasteiger partial charge in [-0.1, -0.05) is 18.2 Å². The van der Waals surface area contributed by atoms with E-state index in [9.17, 15) is 14.8 Å². The number of nitrogens with zero attached hydrogens (tertiary/aromatic N) is 3. The van der Waals surface area contributed by atoms with Crippen molar-refractivity contribution in [2.24, 2.45) is 0 Å². The summed E-state index contributed by atoms with van der Waals surface area (Å²) in [4.78, 5) is 31.1. The van der Waals surface area contributed by atoms with Crippen LogP contribution in [0.4, 0.5) is 5.82 Å². The summed E-state index contributed by atoms with van der Waals surface area (Å²) < 4.78 is 0. The molecule has 0 aliphatic carbocycles. The normalized spacial score (nSPS) is 17.9. The van der Waals surface area contributed by atoms with Gasteiger partial charge in [-0.15, -0.1) is 0 Å². The summed E-state index contributed by atoms with van der Waals surface area (Å²) in [6.45, 7) is 0.300. The van der Waals surface area contributed by atoms with E-state index >= 15 is 0 Å². The molecule has 24 heavy (non-hydrogen) atoms. The molecule has 2 amide bonds. The van der Waals surface area contributed by atoms with Crippen LogP contribution in [0, 0.1) is 0 Å². The Kier molecular flexibility index (Phi) is 4.35. The van der Waals surface area contributed by atoms with Crippen molar-refractivity contribution in [3.8, 4) is 0 Å². The second kappa shape index (κ2) is 6.45. The van der Waals surface area contributed by atoms with E-state index in [1.165, 1.54) is 0 Å². The van der Waals surface area contributed by atoms with Crippen LogP contribution in [0.2, 0.25) is 0 Å². The second-order valence-corrected chi connectivity index (χ2v) is 6.07. The summed E-state index contributed by atoms with van der Waals surface area (Å²) in [5, 5.41) is 13.7. The fourth-order valence-electron chi connectivity index (χ4n) is 2.81. The Hall–Kier alpha value is -2.67. The first-order chi connectivity index (χ1) is 11.5. The number of rotatable bonds is 3. The number of hydroxylamine groups is 2. The van der Waals surface area contributed by atoms with Crippen LogP contribution in [0.3, 0.4) is 0 Å². The van der Waals surface area contributed by atoms with Gasteiger partial charge in [-0.2, -0.15) is 0 Å². The van der Waals surface area contributed by atoms with Gasteiger partial charge in [0.15, 0.2) is 0 Å². The molecule has 0 bridgehead atoms. The molecule has 0 spiro atoms. The molecule has 0 saturated carbocycles. The van der Waals surface area contributed by atoms with Gasteiger partial charge in [-0.05, 0) is 25.0 Å². The summed E-state index contributed by atoms with van der Waals surface area (Å²) in [7, 11) is 3.71. The minimum Gasteiger partial charge on any atom is -0.363 e. The van der Waals surface area contributed by atoms with Crippen molar-refractivity contribution in [3.63, 3.8) is 0 Å². The van der Waals surface area contributed by atoms with Crippen LogP contribution in [0.15, 0.2) is 30.3 Å². The lowest BCUT2D eigenvalue weighted by atomic mass is 10.0. The number of pyridine rings is 1. The van der Waals surface area contributed by atoms with Crippen molar-refractivity contribution in [1.82, 2.24) is 15.4 Å². The Bertz CT molecular complexity index is 790. The molecule has 2 heterocycles. The molecule has 126 valence electrons. The van der Waals surface area contributed by atoms with Crippen LogP contribution in [0.5, 0.6) is 0 Å². The molecule has 1 saturated heterocycles.